The summed E-state index contributed by atoms with van der Waals surface area (Å²) in [7, 11) is -2.93. The minimum absolute atomic E-state index is 0.0679. The number of ether oxygens (including phenoxy) is 1. The van der Waals surface area contributed by atoms with Crippen molar-refractivity contribution in [3.05, 3.63) is 0 Å². The van der Waals surface area contributed by atoms with Gasteiger partial charge in [-0.3, -0.25) is 0 Å². The van der Waals surface area contributed by atoms with Crippen molar-refractivity contribution in [2.75, 3.05) is 31.8 Å². The molecule has 0 unspecified atom stereocenters. The number of hydrogen-bond acceptors (Lipinski definition) is 4. The number of hydrogen-bond donors (Lipinski definition) is 1. The van der Waals surface area contributed by atoms with Crippen LogP contribution in [0.4, 0.5) is 0 Å². The van der Waals surface area contributed by atoms with Crippen LogP contribution in [-0.2, 0) is 14.6 Å². The van der Waals surface area contributed by atoms with Gasteiger partial charge in [0.1, 0.15) is 9.84 Å². The Morgan fingerprint density at radius 3 is 1.54 bits per heavy atom. The molecule has 0 aliphatic carbocycles. The number of rotatable bonds is 17. The van der Waals surface area contributed by atoms with E-state index >= 15 is 0 Å². The fraction of sp³-hybridized carbons (Fsp3) is 1.00. The Morgan fingerprint density at radius 1 is 0.769 bits per heavy atom. The van der Waals surface area contributed by atoms with E-state index in [0.717, 1.165) is 77.4 Å². The zero-order chi connectivity index (χ0) is 20.1. The van der Waals surface area contributed by atoms with Crippen LogP contribution in [0.1, 0.15) is 91.9 Å². The van der Waals surface area contributed by atoms with E-state index in [-0.39, 0.29) is 17.4 Å². The van der Waals surface area contributed by atoms with Gasteiger partial charge in [0.15, 0.2) is 0 Å². The second-order valence-corrected chi connectivity index (χ2v) is 10.3. The molecular formula is C21H44O4S. The lowest BCUT2D eigenvalue weighted by molar-refractivity contribution is 0.0904. The Balaban J connectivity index is 3.93. The molecule has 0 rings (SSSR count). The van der Waals surface area contributed by atoms with Crippen molar-refractivity contribution in [3.8, 4) is 0 Å². The van der Waals surface area contributed by atoms with Crippen LogP contribution >= 0.6 is 0 Å². The first-order chi connectivity index (χ1) is 12.2. The number of unbranched alkanes of at least 4 members (excludes halogenated alkanes) is 2. The minimum atomic E-state index is -2.93. The maximum atomic E-state index is 11.7. The molecule has 158 valence electrons. The highest BCUT2D eigenvalue weighted by atomic mass is 32.2. The molecule has 0 aromatic carbocycles. The van der Waals surface area contributed by atoms with Gasteiger partial charge in [0, 0.05) is 26.1 Å². The predicted octanol–water partition coefficient (Wildman–Crippen LogP) is 4.99. The number of sulfone groups is 1. The molecule has 0 aliphatic heterocycles. The predicted molar refractivity (Wildman–Crippen MR) is 111 cm³/mol. The van der Waals surface area contributed by atoms with Crippen LogP contribution in [0.3, 0.4) is 0 Å². The number of aliphatic hydroxyl groups excluding tert-OH is 1. The van der Waals surface area contributed by atoms with Gasteiger partial charge in [-0.15, -0.1) is 0 Å². The van der Waals surface area contributed by atoms with E-state index < -0.39 is 9.84 Å². The summed E-state index contributed by atoms with van der Waals surface area (Å²) in [6.07, 6.45) is 11.4. The van der Waals surface area contributed by atoms with Crippen molar-refractivity contribution < 1.29 is 18.3 Å². The van der Waals surface area contributed by atoms with Crippen LogP contribution in [0.15, 0.2) is 0 Å². The van der Waals surface area contributed by atoms with E-state index in [0.29, 0.717) is 5.75 Å². The normalized spacial score (nSPS) is 13.3. The Labute approximate surface area is 163 Å². The minimum Gasteiger partial charge on any atom is -0.396 e. The summed E-state index contributed by atoms with van der Waals surface area (Å²) >= 11 is 0. The lowest BCUT2D eigenvalue weighted by Crippen LogP contribution is -2.28. The molecule has 0 heterocycles. The summed E-state index contributed by atoms with van der Waals surface area (Å²) in [6, 6.07) is 0. The van der Waals surface area contributed by atoms with Gasteiger partial charge in [0.25, 0.3) is 0 Å². The van der Waals surface area contributed by atoms with Gasteiger partial charge in [0.2, 0.25) is 0 Å². The van der Waals surface area contributed by atoms with Crippen LogP contribution in [0.5, 0.6) is 0 Å². The fourth-order valence-electron chi connectivity index (χ4n) is 3.85. The average Bonchev–Trinajstić information content (AvgIpc) is 2.62. The number of aliphatic hydroxyl groups is 1. The topological polar surface area (TPSA) is 63.6 Å². The molecule has 5 heteroatoms. The molecule has 0 bridgehead atoms. The molecule has 0 fully saturated rings. The highest BCUT2D eigenvalue weighted by Crippen LogP contribution is 2.34. The summed E-state index contributed by atoms with van der Waals surface area (Å²) in [6.45, 7) is 10.3. The van der Waals surface area contributed by atoms with Gasteiger partial charge < -0.3 is 9.84 Å². The van der Waals surface area contributed by atoms with E-state index in [4.69, 9.17) is 4.74 Å². The van der Waals surface area contributed by atoms with Crippen molar-refractivity contribution in [3.63, 3.8) is 0 Å². The van der Waals surface area contributed by atoms with Crippen LogP contribution in [0, 0.1) is 10.8 Å². The van der Waals surface area contributed by atoms with Crippen LogP contribution < -0.4 is 0 Å². The van der Waals surface area contributed by atoms with Crippen molar-refractivity contribution in [2.24, 2.45) is 10.8 Å². The summed E-state index contributed by atoms with van der Waals surface area (Å²) in [5, 5.41) is 9.58. The fourth-order valence-corrected chi connectivity index (χ4v) is 5.52. The monoisotopic (exact) mass is 392 g/mol. The first-order valence-corrected chi connectivity index (χ1v) is 12.6. The molecule has 4 nitrogen and oxygen atoms in total. The van der Waals surface area contributed by atoms with Gasteiger partial charge in [-0.05, 0) is 62.2 Å². The molecule has 0 radical (unpaired) electrons. The van der Waals surface area contributed by atoms with Gasteiger partial charge in [-0.25, -0.2) is 8.42 Å². The molecule has 0 aromatic rings. The molecule has 0 aromatic heterocycles. The Hall–Kier alpha value is -0.130. The van der Waals surface area contributed by atoms with E-state index in [1.807, 2.05) is 0 Å². The maximum Gasteiger partial charge on any atom is 0.148 e. The Morgan fingerprint density at radius 2 is 1.19 bits per heavy atom. The molecule has 0 saturated carbocycles. The van der Waals surface area contributed by atoms with E-state index in [2.05, 4.69) is 27.7 Å². The highest BCUT2D eigenvalue weighted by molar-refractivity contribution is 7.90. The summed E-state index contributed by atoms with van der Waals surface area (Å²) in [5.41, 5.74) is 0.0325. The maximum absolute atomic E-state index is 11.7. The molecule has 0 aliphatic rings. The van der Waals surface area contributed by atoms with Gasteiger partial charge in [-0.1, -0.05) is 40.5 Å². The first kappa shape index (κ1) is 25.9. The Kier molecular flexibility index (Phi) is 13.0. The van der Waals surface area contributed by atoms with Gasteiger partial charge in [-0.2, -0.15) is 0 Å². The molecule has 0 spiro atoms. The summed E-state index contributed by atoms with van der Waals surface area (Å²) in [5.74, 6) is 0.301. The zero-order valence-corrected chi connectivity index (χ0v) is 18.8. The first-order valence-electron chi connectivity index (χ1n) is 10.6. The van der Waals surface area contributed by atoms with Crippen molar-refractivity contribution in [2.45, 2.75) is 91.9 Å². The van der Waals surface area contributed by atoms with Gasteiger partial charge in [0.05, 0.1) is 5.75 Å². The molecular weight excluding hydrogens is 348 g/mol. The van der Waals surface area contributed by atoms with Crippen LogP contribution in [-0.4, -0.2) is 45.4 Å². The highest BCUT2D eigenvalue weighted by Gasteiger charge is 2.29. The molecule has 26 heavy (non-hydrogen) atoms. The smallest absolute Gasteiger partial charge is 0.148 e. The van der Waals surface area contributed by atoms with Crippen LogP contribution in [0.2, 0.25) is 0 Å². The molecule has 1 N–H and O–H groups in total. The average molecular weight is 393 g/mol. The van der Waals surface area contributed by atoms with Crippen molar-refractivity contribution >= 4 is 9.84 Å². The molecule has 0 atom stereocenters. The van der Waals surface area contributed by atoms with Gasteiger partial charge >= 0.3 is 0 Å². The third-order valence-corrected chi connectivity index (χ3v) is 7.53. The summed E-state index contributed by atoms with van der Waals surface area (Å²) in [4.78, 5) is 0. The standard InChI is InChI=1S/C21H44O4S/c1-6-20(7-2,18-22)14-10-12-16-25-17-13-11-15-21(8-3,9-4)19-26(5,23)24/h22H,6-19H2,1-5H3. The second kappa shape index (κ2) is 13.1. The third-order valence-electron chi connectivity index (χ3n) is 6.40. The second-order valence-electron chi connectivity index (χ2n) is 8.17. The quantitative estimate of drug-likeness (QED) is 0.354. The van der Waals surface area contributed by atoms with Crippen molar-refractivity contribution in [1.82, 2.24) is 0 Å². The largest absolute Gasteiger partial charge is 0.396 e. The molecule has 0 amide bonds. The molecule has 0 saturated heterocycles. The summed E-state index contributed by atoms with van der Waals surface area (Å²) < 4.78 is 29.1. The zero-order valence-electron chi connectivity index (χ0n) is 18.0. The lowest BCUT2D eigenvalue weighted by atomic mass is 9.79. The van der Waals surface area contributed by atoms with Crippen LogP contribution in [0.25, 0.3) is 0 Å². The Bertz CT molecular complexity index is 429. The van der Waals surface area contributed by atoms with Crippen molar-refractivity contribution in [1.29, 1.82) is 0 Å². The SMILES string of the molecule is CCC(CC)(CO)CCCCOCCCCC(CC)(CC)CS(C)(=O)=O. The van der Waals surface area contributed by atoms with E-state index in [9.17, 15) is 13.5 Å². The third kappa shape index (κ3) is 10.3. The van der Waals surface area contributed by atoms with E-state index in [1.54, 1.807) is 0 Å². The van der Waals surface area contributed by atoms with E-state index in [1.165, 1.54) is 6.26 Å². The lowest BCUT2D eigenvalue weighted by Gasteiger charge is -2.31.